The Morgan fingerprint density at radius 1 is 1.26 bits per heavy atom. The van der Waals surface area contributed by atoms with Crippen LogP contribution in [0.3, 0.4) is 0 Å². The van der Waals surface area contributed by atoms with Gasteiger partial charge in [0.05, 0.1) is 22.0 Å². The van der Waals surface area contributed by atoms with E-state index in [-0.39, 0.29) is 5.82 Å². The zero-order valence-electron chi connectivity index (χ0n) is 9.96. The summed E-state index contributed by atoms with van der Waals surface area (Å²) in [6.07, 6.45) is 0. The molecule has 0 heterocycles. The van der Waals surface area contributed by atoms with Gasteiger partial charge in [-0.1, -0.05) is 29.8 Å². The third kappa shape index (κ3) is 3.04. The summed E-state index contributed by atoms with van der Waals surface area (Å²) in [6, 6.07) is 10.0. The minimum absolute atomic E-state index is 0.345. The second kappa shape index (κ2) is 6.12. The molecule has 0 saturated carbocycles. The van der Waals surface area contributed by atoms with Crippen molar-refractivity contribution in [2.75, 3.05) is 7.11 Å². The first kappa shape index (κ1) is 14.6. The van der Waals surface area contributed by atoms with E-state index < -0.39 is 5.38 Å². The first-order chi connectivity index (χ1) is 9.04. The van der Waals surface area contributed by atoms with Crippen LogP contribution in [0.4, 0.5) is 4.39 Å². The van der Waals surface area contributed by atoms with Crippen LogP contribution in [0.1, 0.15) is 16.5 Å². The van der Waals surface area contributed by atoms with Crippen molar-refractivity contribution in [2.24, 2.45) is 0 Å². The zero-order chi connectivity index (χ0) is 14.0. The van der Waals surface area contributed by atoms with E-state index in [1.54, 1.807) is 37.4 Å². The van der Waals surface area contributed by atoms with Gasteiger partial charge in [0.2, 0.25) is 0 Å². The Balaban J connectivity index is 2.41. The molecule has 2 aromatic rings. The normalized spacial score (nSPS) is 12.3. The molecule has 0 radical (unpaired) electrons. The maximum Gasteiger partial charge on any atom is 0.137 e. The molecule has 5 heteroatoms. The molecule has 2 rings (SSSR count). The molecule has 0 amide bonds. The van der Waals surface area contributed by atoms with Crippen molar-refractivity contribution in [2.45, 2.75) is 5.38 Å². The van der Waals surface area contributed by atoms with E-state index in [0.29, 0.717) is 20.8 Å². The van der Waals surface area contributed by atoms with Crippen LogP contribution in [0.15, 0.2) is 40.9 Å². The van der Waals surface area contributed by atoms with Crippen LogP contribution in [-0.2, 0) is 0 Å². The maximum atomic E-state index is 13.5. The highest BCUT2D eigenvalue weighted by Crippen LogP contribution is 2.37. The third-order valence-electron chi connectivity index (χ3n) is 2.72. The molecule has 1 atom stereocenters. The van der Waals surface area contributed by atoms with Crippen molar-refractivity contribution in [3.05, 3.63) is 62.8 Å². The number of benzene rings is 2. The summed E-state index contributed by atoms with van der Waals surface area (Å²) in [5.41, 5.74) is 1.43. The van der Waals surface area contributed by atoms with Crippen molar-refractivity contribution in [3.8, 4) is 5.75 Å². The lowest BCUT2D eigenvalue weighted by Crippen LogP contribution is -1.97. The van der Waals surface area contributed by atoms with Crippen LogP contribution in [0.25, 0.3) is 0 Å². The van der Waals surface area contributed by atoms with Gasteiger partial charge in [-0.2, -0.15) is 0 Å². The van der Waals surface area contributed by atoms with E-state index >= 15 is 0 Å². The van der Waals surface area contributed by atoms with Crippen LogP contribution in [0, 0.1) is 5.82 Å². The molecule has 0 aliphatic heterocycles. The highest BCUT2D eigenvalue weighted by atomic mass is 79.9. The second-order valence-corrected chi connectivity index (χ2v) is 5.54. The third-order valence-corrected chi connectivity index (χ3v) is 4.34. The molecule has 0 aliphatic carbocycles. The fraction of sp³-hybridized carbons (Fsp3) is 0.143. The van der Waals surface area contributed by atoms with Gasteiger partial charge in [-0.25, -0.2) is 4.39 Å². The van der Waals surface area contributed by atoms with Crippen LogP contribution < -0.4 is 4.74 Å². The second-order valence-electron chi connectivity index (χ2n) is 3.90. The van der Waals surface area contributed by atoms with Crippen LogP contribution in [-0.4, -0.2) is 7.11 Å². The Labute approximate surface area is 129 Å². The molecular formula is C14H10BrCl2FO. The fourth-order valence-corrected chi connectivity index (χ4v) is 2.94. The van der Waals surface area contributed by atoms with Gasteiger partial charge in [-0.3, -0.25) is 0 Å². The predicted molar refractivity (Wildman–Crippen MR) is 79.8 cm³/mol. The zero-order valence-corrected chi connectivity index (χ0v) is 13.1. The van der Waals surface area contributed by atoms with Crippen LogP contribution >= 0.6 is 39.1 Å². The average molecular weight is 364 g/mol. The summed E-state index contributed by atoms with van der Waals surface area (Å²) >= 11 is 15.7. The number of ether oxygens (including phenoxy) is 1. The molecular weight excluding hydrogens is 354 g/mol. The molecule has 19 heavy (non-hydrogen) atoms. The van der Waals surface area contributed by atoms with Gasteiger partial charge in [0.15, 0.2) is 0 Å². The molecule has 0 fully saturated rings. The monoisotopic (exact) mass is 362 g/mol. The summed E-state index contributed by atoms with van der Waals surface area (Å²) < 4.78 is 18.9. The minimum Gasteiger partial charge on any atom is -0.495 e. The first-order valence-electron chi connectivity index (χ1n) is 5.46. The summed E-state index contributed by atoms with van der Waals surface area (Å²) in [5.74, 6) is 0.232. The standard InChI is InChI=1S/C14H10BrCl2FO/c1-19-12-6-5-8(7-10(12)16)14(17)9-3-2-4-11(18)13(9)15/h2-7,14H,1H3. The first-order valence-corrected chi connectivity index (χ1v) is 7.06. The van der Waals surface area contributed by atoms with E-state index in [4.69, 9.17) is 27.9 Å². The lowest BCUT2D eigenvalue weighted by molar-refractivity contribution is 0.415. The van der Waals surface area contributed by atoms with Gasteiger partial charge in [0.1, 0.15) is 11.6 Å². The SMILES string of the molecule is COc1ccc(C(Cl)c2cccc(F)c2Br)cc1Cl. The average Bonchev–Trinajstić information content (AvgIpc) is 2.41. The van der Waals surface area contributed by atoms with E-state index in [2.05, 4.69) is 15.9 Å². The van der Waals surface area contributed by atoms with E-state index in [1.165, 1.54) is 6.07 Å². The van der Waals surface area contributed by atoms with Crippen molar-refractivity contribution >= 4 is 39.1 Å². The molecule has 2 aromatic carbocycles. The van der Waals surface area contributed by atoms with Gasteiger partial charge >= 0.3 is 0 Å². The number of alkyl halides is 1. The smallest absolute Gasteiger partial charge is 0.137 e. The summed E-state index contributed by atoms with van der Waals surface area (Å²) in [4.78, 5) is 0. The Kier molecular flexibility index (Phi) is 4.71. The van der Waals surface area contributed by atoms with Crippen molar-refractivity contribution in [1.29, 1.82) is 0 Å². The van der Waals surface area contributed by atoms with E-state index in [1.807, 2.05) is 0 Å². The fourth-order valence-electron chi connectivity index (χ4n) is 1.74. The van der Waals surface area contributed by atoms with Crippen molar-refractivity contribution in [3.63, 3.8) is 0 Å². The molecule has 0 N–H and O–H groups in total. The molecule has 0 aromatic heterocycles. The van der Waals surface area contributed by atoms with E-state index in [0.717, 1.165) is 5.56 Å². The van der Waals surface area contributed by atoms with Crippen molar-refractivity contribution in [1.82, 2.24) is 0 Å². The van der Waals surface area contributed by atoms with Crippen LogP contribution in [0.5, 0.6) is 5.75 Å². The molecule has 0 spiro atoms. The number of halogens is 4. The van der Waals surface area contributed by atoms with E-state index in [9.17, 15) is 4.39 Å². The highest BCUT2D eigenvalue weighted by Gasteiger charge is 2.17. The minimum atomic E-state index is -0.492. The lowest BCUT2D eigenvalue weighted by Gasteiger charge is -2.14. The Morgan fingerprint density at radius 2 is 2.00 bits per heavy atom. The topological polar surface area (TPSA) is 9.23 Å². The molecule has 1 unspecified atom stereocenters. The lowest BCUT2D eigenvalue weighted by atomic mass is 10.0. The molecule has 1 nitrogen and oxygen atoms in total. The number of methoxy groups -OCH3 is 1. The van der Waals surface area contributed by atoms with Crippen LogP contribution in [0.2, 0.25) is 5.02 Å². The Morgan fingerprint density at radius 3 is 2.63 bits per heavy atom. The molecule has 100 valence electrons. The molecule has 0 bridgehead atoms. The van der Waals surface area contributed by atoms with Gasteiger partial charge in [-0.05, 0) is 45.3 Å². The van der Waals surface area contributed by atoms with Crippen molar-refractivity contribution < 1.29 is 9.13 Å². The predicted octanol–water partition coefficient (Wildman–Crippen LogP) is 5.58. The number of hydrogen-bond acceptors (Lipinski definition) is 1. The summed E-state index contributed by atoms with van der Waals surface area (Å²) in [7, 11) is 1.54. The Hall–Kier alpha value is -0.770. The summed E-state index contributed by atoms with van der Waals surface area (Å²) in [6.45, 7) is 0. The number of hydrogen-bond donors (Lipinski definition) is 0. The summed E-state index contributed by atoms with van der Waals surface area (Å²) in [5, 5.41) is -0.0216. The molecule has 0 saturated heterocycles. The Bertz CT molecular complexity index is 604. The van der Waals surface area contributed by atoms with Gasteiger partial charge in [0.25, 0.3) is 0 Å². The quantitative estimate of drug-likeness (QED) is 0.647. The maximum absolute atomic E-state index is 13.5. The number of rotatable bonds is 3. The van der Waals surface area contributed by atoms with Gasteiger partial charge < -0.3 is 4.74 Å². The van der Waals surface area contributed by atoms with Gasteiger partial charge in [-0.15, -0.1) is 11.6 Å². The van der Waals surface area contributed by atoms with Gasteiger partial charge in [0, 0.05) is 0 Å². The highest BCUT2D eigenvalue weighted by molar-refractivity contribution is 9.10. The largest absolute Gasteiger partial charge is 0.495 e. The molecule has 0 aliphatic rings.